The van der Waals surface area contributed by atoms with E-state index in [-0.39, 0.29) is 31.1 Å². The van der Waals surface area contributed by atoms with E-state index in [4.69, 9.17) is 14.2 Å². The van der Waals surface area contributed by atoms with Gasteiger partial charge in [-0.3, -0.25) is 14.4 Å². The van der Waals surface area contributed by atoms with Crippen molar-refractivity contribution in [3.8, 4) is 0 Å². The predicted molar refractivity (Wildman–Crippen MR) is 288 cm³/mol. The van der Waals surface area contributed by atoms with Gasteiger partial charge in [-0.05, 0) is 103 Å². The molecular formula is C61H102O6. The lowest BCUT2D eigenvalue weighted by Crippen LogP contribution is -2.30. The molecule has 1 unspecified atom stereocenters. The molecular weight excluding hydrogens is 829 g/mol. The third-order valence-corrected chi connectivity index (χ3v) is 11.6. The number of esters is 3. The van der Waals surface area contributed by atoms with Gasteiger partial charge in [-0.1, -0.05) is 227 Å². The van der Waals surface area contributed by atoms with E-state index < -0.39 is 6.10 Å². The van der Waals surface area contributed by atoms with Crippen LogP contribution in [0, 0.1) is 0 Å². The number of ether oxygens (including phenoxy) is 3. The van der Waals surface area contributed by atoms with Crippen LogP contribution in [-0.4, -0.2) is 37.2 Å². The molecule has 6 nitrogen and oxygen atoms in total. The Morgan fingerprint density at radius 1 is 0.328 bits per heavy atom. The Kier molecular flexibility index (Phi) is 51.9. The van der Waals surface area contributed by atoms with Crippen molar-refractivity contribution < 1.29 is 28.6 Å². The summed E-state index contributed by atoms with van der Waals surface area (Å²) in [5.74, 6) is -0.931. The summed E-state index contributed by atoms with van der Waals surface area (Å²) >= 11 is 0. The van der Waals surface area contributed by atoms with Crippen LogP contribution in [0.15, 0.2) is 97.2 Å². The first-order valence-electron chi connectivity index (χ1n) is 27.8. The second-order valence-corrected chi connectivity index (χ2v) is 18.1. The number of unbranched alkanes of at least 4 members (excludes halogenated alkanes) is 24. The molecule has 6 heteroatoms. The minimum Gasteiger partial charge on any atom is -0.462 e. The van der Waals surface area contributed by atoms with Gasteiger partial charge in [0.1, 0.15) is 13.2 Å². The summed E-state index contributed by atoms with van der Waals surface area (Å²) in [5.41, 5.74) is 0. The van der Waals surface area contributed by atoms with Gasteiger partial charge in [0, 0.05) is 19.3 Å². The molecule has 0 fully saturated rings. The van der Waals surface area contributed by atoms with Crippen molar-refractivity contribution in [2.24, 2.45) is 0 Å². The Hall–Kier alpha value is -3.67. The second-order valence-electron chi connectivity index (χ2n) is 18.1. The largest absolute Gasteiger partial charge is 0.462 e. The normalized spacial score (nSPS) is 12.8. The number of carbonyl (C=O) groups excluding carboxylic acids is 3. The molecule has 0 aliphatic rings. The summed E-state index contributed by atoms with van der Waals surface area (Å²) in [5, 5.41) is 0. The Labute approximate surface area is 413 Å². The molecule has 0 aliphatic heterocycles. The van der Waals surface area contributed by atoms with Crippen LogP contribution in [0.4, 0.5) is 0 Å². The van der Waals surface area contributed by atoms with Gasteiger partial charge < -0.3 is 14.2 Å². The van der Waals surface area contributed by atoms with E-state index in [0.717, 1.165) is 122 Å². The third kappa shape index (κ3) is 53.2. The SMILES string of the molecule is CC\C=C/C=C\C=C/CCCCCCCC(=O)OCC(COC(=O)CCCCCCCC/C=C\C/C=C\C/C=C\C/C=C\CC)OC(=O)CCCCCCCCC/C=C\CCCCCCCC. The minimum atomic E-state index is -0.795. The van der Waals surface area contributed by atoms with Gasteiger partial charge in [0.2, 0.25) is 0 Å². The molecule has 1 atom stereocenters. The fraction of sp³-hybridized carbons (Fsp3) is 0.689. The lowest BCUT2D eigenvalue weighted by molar-refractivity contribution is -0.167. The minimum absolute atomic E-state index is 0.0942. The highest BCUT2D eigenvalue weighted by molar-refractivity contribution is 5.71. The molecule has 0 amide bonds. The highest BCUT2D eigenvalue weighted by atomic mass is 16.6. The van der Waals surface area contributed by atoms with Crippen LogP contribution in [0.3, 0.4) is 0 Å². The van der Waals surface area contributed by atoms with Crippen molar-refractivity contribution in [1.82, 2.24) is 0 Å². The first-order valence-corrected chi connectivity index (χ1v) is 27.8. The molecule has 0 rings (SSSR count). The number of hydrogen-bond acceptors (Lipinski definition) is 6. The maximum absolute atomic E-state index is 12.8. The highest BCUT2D eigenvalue weighted by Gasteiger charge is 2.19. The smallest absolute Gasteiger partial charge is 0.306 e. The first kappa shape index (κ1) is 63.3. The molecule has 0 heterocycles. The Balaban J connectivity index is 4.43. The maximum atomic E-state index is 12.8. The molecule has 0 aromatic rings. The van der Waals surface area contributed by atoms with Gasteiger partial charge in [0.25, 0.3) is 0 Å². The van der Waals surface area contributed by atoms with Gasteiger partial charge >= 0.3 is 17.9 Å². The van der Waals surface area contributed by atoms with Gasteiger partial charge in [-0.25, -0.2) is 0 Å². The van der Waals surface area contributed by atoms with Crippen molar-refractivity contribution in [2.75, 3.05) is 13.2 Å². The average molecular weight is 931 g/mol. The highest BCUT2D eigenvalue weighted by Crippen LogP contribution is 2.14. The molecule has 382 valence electrons. The molecule has 0 bridgehead atoms. The molecule has 0 aliphatic carbocycles. The Bertz CT molecular complexity index is 1350. The summed E-state index contributed by atoms with van der Waals surface area (Å²) in [7, 11) is 0. The molecule has 67 heavy (non-hydrogen) atoms. The van der Waals surface area contributed by atoms with Crippen LogP contribution in [0.2, 0.25) is 0 Å². The maximum Gasteiger partial charge on any atom is 0.306 e. The Morgan fingerprint density at radius 2 is 0.657 bits per heavy atom. The molecule has 0 saturated carbocycles. The predicted octanol–water partition coefficient (Wildman–Crippen LogP) is 18.5. The van der Waals surface area contributed by atoms with Crippen LogP contribution in [-0.2, 0) is 28.6 Å². The van der Waals surface area contributed by atoms with E-state index in [9.17, 15) is 14.4 Å². The van der Waals surface area contributed by atoms with Crippen molar-refractivity contribution in [3.63, 3.8) is 0 Å². The van der Waals surface area contributed by atoms with Crippen LogP contribution in [0.5, 0.6) is 0 Å². The van der Waals surface area contributed by atoms with E-state index in [1.807, 2.05) is 0 Å². The summed E-state index contributed by atoms with van der Waals surface area (Å²) in [6, 6.07) is 0. The average Bonchev–Trinajstić information content (AvgIpc) is 3.33. The van der Waals surface area contributed by atoms with Crippen LogP contribution >= 0.6 is 0 Å². The zero-order valence-electron chi connectivity index (χ0n) is 43.6. The topological polar surface area (TPSA) is 78.9 Å². The lowest BCUT2D eigenvalue weighted by Gasteiger charge is -2.18. The third-order valence-electron chi connectivity index (χ3n) is 11.6. The van der Waals surface area contributed by atoms with Gasteiger partial charge in [-0.2, -0.15) is 0 Å². The molecule has 0 spiro atoms. The van der Waals surface area contributed by atoms with E-state index in [2.05, 4.69) is 118 Å². The van der Waals surface area contributed by atoms with E-state index in [0.29, 0.717) is 19.3 Å². The van der Waals surface area contributed by atoms with Crippen molar-refractivity contribution in [1.29, 1.82) is 0 Å². The summed E-state index contributed by atoms with van der Waals surface area (Å²) in [6.07, 6.45) is 72.5. The summed E-state index contributed by atoms with van der Waals surface area (Å²) in [4.78, 5) is 38.1. The summed E-state index contributed by atoms with van der Waals surface area (Å²) in [6.45, 7) is 6.36. The molecule has 0 N–H and O–H groups in total. The van der Waals surface area contributed by atoms with Crippen LogP contribution in [0.25, 0.3) is 0 Å². The Morgan fingerprint density at radius 3 is 1.09 bits per heavy atom. The number of rotatable bonds is 49. The fourth-order valence-electron chi connectivity index (χ4n) is 7.49. The van der Waals surface area contributed by atoms with Crippen LogP contribution in [0.1, 0.15) is 252 Å². The molecule has 0 aromatic carbocycles. The van der Waals surface area contributed by atoms with Crippen molar-refractivity contribution in [2.45, 2.75) is 258 Å². The number of hydrogen-bond donors (Lipinski definition) is 0. The van der Waals surface area contributed by atoms with Gasteiger partial charge in [-0.15, -0.1) is 0 Å². The molecule has 0 saturated heterocycles. The second kappa shape index (κ2) is 54.9. The molecule has 0 aromatic heterocycles. The van der Waals surface area contributed by atoms with E-state index >= 15 is 0 Å². The van der Waals surface area contributed by atoms with Gasteiger partial charge in [0.15, 0.2) is 6.10 Å². The monoisotopic (exact) mass is 931 g/mol. The van der Waals surface area contributed by atoms with Crippen LogP contribution < -0.4 is 0 Å². The quantitative estimate of drug-likeness (QED) is 0.0199. The fourth-order valence-corrected chi connectivity index (χ4v) is 7.49. The van der Waals surface area contributed by atoms with Crippen molar-refractivity contribution in [3.05, 3.63) is 97.2 Å². The number of carbonyl (C=O) groups is 3. The molecule has 0 radical (unpaired) electrons. The summed E-state index contributed by atoms with van der Waals surface area (Å²) < 4.78 is 16.8. The number of allylic oxidation sites excluding steroid dienone is 16. The van der Waals surface area contributed by atoms with Gasteiger partial charge in [0.05, 0.1) is 0 Å². The van der Waals surface area contributed by atoms with E-state index in [1.165, 1.54) is 89.9 Å². The first-order chi connectivity index (χ1) is 33.0. The van der Waals surface area contributed by atoms with E-state index in [1.54, 1.807) is 0 Å². The zero-order valence-corrected chi connectivity index (χ0v) is 43.6. The van der Waals surface area contributed by atoms with Crippen molar-refractivity contribution >= 4 is 17.9 Å². The standard InChI is InChI=1S/C61H102O6/c1-4-7-10-13-16-19-22-25-27-29-30-32-33-36-39-42-45-48-51-54-60(63)66-57-58(56-65-59(62)53-50-47-44-41-38-35-24-21-18-15-12-9-6-3)67-61(64)55-52-49-46-43-40-37-34-31-28-26-23-20-17-14-11-8-5-2/h7,9-10,12,15-16,18-19,21,24-28,30,32,58H,4-6,8,11,13-14,17,20,22-23,29,31,33-57H2,1-3H3/b10-7-,12-9-,18-15-,19-16-,24-21-,27-25-,28-26-,32-30-. The lowest BCUT2D eigenvalue weighted by atomic mass is 10.1. The zero-order chi connectivity index (χ0) is 48.6.